The molecular weight excluding hydrogens is 481 g/mol. The third-order valence-corrected chi connectivity index (χ3v) is 6.68. The number of aromatic nitrogens is 1. The third-order valence-electron chi connectivity index (χ3n) is 6.68. The minimum Gasteiger partial charge on any atom is -0.366 e. The fraction of sp³-hybridized carbons (Fsp3) is 0.321. The predicted octanol–water partition coefficient (Wildman–Crippen LogP) is 4.90. The molecule has 0 saturated carbocycles. The van der Waals surface area contributed by atoms with E-state index in [9.17, 15) is 22.8 Å². The van der Waals surface area contributed by atoms with Crippen molar-refractivity contribution in [1.82, 2.24) is 9.88 Å². The molecule has 2 N–H and O–H groups in total. The zero-order valence-corrected chi connectivity index (χ0v) is 20.5. The molecule has 2 amide bonds. The molecule has 0 aliphatic carbocycles. The Hall–Kier alpha value is -3.88. The molecule has 4 rings (SSSR count). The molecule has 2 heterocycles. The Morgan fingerprint density at radius 1 is 0.973 bits per heavy atom. The smallest absolute Gasteiger partial charge is 0.366 e. The molecule has 1 aromatic heterocycles. The molecule has 0 radical (unpaired) electrons. The van der Waals surface area contributed by atoms with Crippen LogP contribution in [0.3, 0.4) is 0 Å². The SMILES string of the molecule is CC(CCc1ccccc1)c1nc(N2CCN(C(=O)c3cccc(C(F)(F)F)c3)CC2)ccc1C(N)=O. The van der Waals surface area contributed by atoms with Crippen molar-refractivity contribution in [2.24, 2.45) is 5.73 Å². The highest BCUT2D eigenvalue weighted by molar-refractivity contribution is 5.95. The van der Waals surface area contributed by atoms with Crippen LogP contribution < -0.4 is 10.6 Å². The number of pyridine rings is 1. The summed E-state index contributed by atoms with van der Waals surface area (Å²) in [6, 6.07) is 18.0. The summed E-state index contributed by atoms with van der Waals surface area (Å²) >= 11 is 0. The number of piperazine rings is 1. The lowest BCUT2D eigenvalue weighted by molar-refractivity contribution is -0.137. The number of carbonyl (C=O) groups excluding carboxylic acids is 2. The largest absolute Gasteiger partial charge is 0.416 e. The van der Waals surface area contributed by atoms with Crippen molar-refractivity contribution in [1.29, 1.82) is 0 Å². The maximum Gasteiger partial charge on any atom is 0.416 e. The fourth-order valence-corrected chi connectivity index (χ4v) is 4.54. The first-order valence-electron chi connectivity index (χ1n) is 12.2. The van der Waals surface area contributed by atoms with E-state index in [2.05, 4.69) is 12.1 Å². The number of nitrogens with two attached hydrogens (primary N) is 1. The average Bonchev–Trinajstić information content (AvgIpc) is 2.91. The number of aryl methyl sites for hydroxylation is 1. The van der Waals surface area contributed by atoms with E-state index in [1.54, 1.807) is 17.0 Å². The number of benzene rings is 2. The number of primary amides is 1. The van der Waals surface area contributed by atoms with Gasteiger partial charge in [0.25, 0.3) is 11.8 Å². The normalized spacial score (nSPS) is 14.9. The minimum atomic E-state index is -4.51. The van der Waals surface area contributed by atoms with Gasteiger partial charge in [-0.25, -0.2) is 4.98 Å². The second-order valence-electron chi connectivity index (χ2n) is 9.25. The van der Waals surface area contributed by atoms with Crippen molar-refractivity contribution < 1.29 is 22.8 Å². The number of carbonyl (C=O) groups is 2. The molecular formula is C28H29F3N4O2. The summed E-state index contributed by atoms with van der Waals surface area (Å²) in [5.74, 6) is -0.292. The summed E-state index contributed by atoms with van der Waals surface area (Å²) in [5.41, 5.74) is 7.03. The lowest BCUT2D eigenvalue weighted by Gasteiger charge is -2.36. The van der Waals surface area contributed by atoms with Gasteiger partial charge in [0.15, 0.2) is 0 Å². The monoisotopic (exact) mass is 510 g/mol. The Labute approximate surface area is 213 Å². The van der Waals surface area contributed by atoms with Crippen LogP contribution in [0.5, 0.6) is 0 Å². The van der Waals surface area contributed by atoms with E-state index in [1.165, 1.54) is 17.7 Å². The molecule has 1 unspecified atom stereocenters. The van der Waals surface area contributed by atoms with Crippen LogP contribution in [0.1, 0.15) is 56.8 Å². The Kier molecular flexibility index (Phi) is 7.80. The van der Waals surface area contributed by atoms with E-state index >= 15 is 0 Å². The molecule has 1 aliphatic heterocycles. The van der Waals surface area contributed by atoms with Crippen molar-refractivity contribution in [2.75, 3.05) is 31.1 Å². The maximum absolute atomic E-state index is 13.0. The van der Waals surface area contributed by atoms with Crippen molar-refractivity contribution in [2.45, 2.75) is 31.9 Å². The summed E-state index contributed by atoms with van der Waals surface area (Å²) < 4.78 is 39.1. The Morgan fingerprint density at radius 2 is 1.68 bits per heavy atom. The minimum absolute atomic E-state index is 0.00793. The lowest BCUT2D eigenvalue weighted by atomic mass is 9.94. The van der Waals surface area contributed by atoms with E-state index in [1.807, 2.05) is 30.0 Å². The van der Waals surface area contributed by atoms with Crippen LogP contribution in [-0.2, 0) is 12.6 Å². The second-order valence-corrected chi connectivity index (χ2v) is 9.25. The zero-order valence-electron chi connectivity index (χ0n) is 20.5. The number of anilines is 1. The van der Waals surface area contributed by atoms with Crippen LogP contribution in [0.25, 0.3) is 0 Å². The van der Waals surface area contributed by atoms with Crippen LogP contribution in [0.15, 0.2) is 66.7 Å². The van der Waals surface area contributed by atoms with Gasteiger partial charge in [-0.05, 0) is 54.7 Å². The Morgan fingerprint density at radius 3 is 2.32 bits per heavy atom. The van der Waals surface area contributed by atoms with Gasteiger partial charge in [0.2, 0.25) is 0 Å². The topological polar surface area (TPSA) is 79.5 Å². The van der Waals surface area contributed by atoms with E-state index < -0.39 is 23.6 Å². The van der Waals surface area contributed by atoms with Gasteiger partial charge in [-0.15, -0.1) is 0 Å². The molecule has 194 valence electrons. The molecule has 1 atom stereocenters. The van der Waals surface area contributed by atoms with Gasteiger partial charge in [0.05, 0.1) is 16.8 Å². The van der Waals surface area contributed by atoms with Gasteiger partial charge in [-0.3, -0.25) is 9.59 Å². The number of nitrogens with zero attached hydrogens (tertiary/aromatic N) is 3. The molecule has 3 aromatic rings. The predicted molar refractivity (Wildman–Crippen MR) is 135 cm³/mol. The van der Waals surface area contributed by atoms with Gasteiger partial charge < -0.3 is 15.5 Å². The average molecular weight is 511 g/mol. The molecule has 0 spiro atoms. The van der Waals surface area contributed by atoms with E-state index in [4.69, 9.17) is 10.7 Å². The summed E-state index contributed by atoms with van der Waals surface area (Å²) in [5, 5.41) is 0. The molecule has 1 fully saturated rings. The van der Waals surface area contributed by atoms with Crippen LogP contribution in [0.2, 0.25) is 0 Å². The van der Waals surface area contributed by atoms with E-state index in [-0.39, 0.29) is 11.5 Å². The number of rotatable bonds is 7. The first-order chi connectivity index (χ1) is 17.6. The van der Waals surface area contributed by atoms with Crippen LogP contribution >= 0.6 is 0 Å². The molecule has 1 saturated heterocycles. The number of alkyl halides is 3. The highest BCUT2D eigenvalue weighted by Crippen LogP contribution is 2.30. The third kappa shape index (κ3) is 6.28. The second kappa shape index (κ2) is 11.0. The zero-order chi connectivity index (χ0) is 26.6. The van der Waals surface area contributed by atoms with E-state index in [0.717, 1.165) is 25.0 Å². The summed E-state index contributed by atoms with van der Waals surface area (Å²) in [6.45, 7) is 3.63. The van der Waals surface area contributed by atoms with Crippen LogP contribution in [0, 0.1) is 0 Å². The van der Waals surface area contributed by atoms with Crippen LogP contribution in [-0.4, -0.2) is 47.9 Å². The molecule has 2 aromatic carbocycles. The van der Waals surface area contributed by atoms with Crippen LogP contribution in [0.4, 0.5) is 19.0 Å². The molecule has 9 heteroatoms. The van der Waals surface area contributed by atoms with Gasteiger partial charge in [-0.1, -0.05) is 43.3 Å². The molecule has 1 aliphatic rings. The highest BCUT2D eigenvalue weighted by atomic mass is 19.4. The first kappa shape index (κ1) is 26.2. The van der Waals surface area contributed by atoms with Gasteiger partial charge in [0.1, 0.15) is 5.82 Å². The number of hydrogen-bond donors (Lipinski definition) is 1. The van der Waals surface area contributed by atoms with Gasteiger partial charge >= 0.3 is 6.18 Å². The Balaban J connectivity index is 1.44. The quantitative estimate of drug-likeness (QED) is 0.491. The molecule has 0 bridgehead atoms. The summed E-state index contributed by atoms with van der Waals surface area (Å²) in [4.78, 5) is 33.3. The van der Waals surface area contributed by atoms with Crippen molar-refractivity contribution in [3.05, 3.63) is 94.7 Å². The molecule has 37 heavy (non-hydrogen) atoms. The Bertz CT molecular complexity index is 1260. The fourth-order valence-electron chi connectivity index (χ4n) is 4.54. The van der Waals surface area contributed by atoms with Crippen molar-refractivity contribution >= 4 is 17.6 Å². The lowest BCUT2D eigenvalue weighted by Crippen LogP contribution is -2.49. The van der Waals surface area contributed by atoms with Gasteiger partial charge in [0, 0.05) is 31.7 Å². The standard InChI is InChI=1S/C28H29F3N4O2/c1-19(10-11-20-6-3-2-4-7-20)25-23(26(32)36)12-13-24(33-25)34-14-16-35(17-15-34)27(37)21-8-5-9-22(18-21)28(29,30)31/h2-9,12-13,18-19H,10-11,14-17H2,1H3,(H2,32,36). The summed E-state index contributed by atoms with van der Waals surface area (Å²) in [6.07, 6.45) is -2.88. The summed E-state index contributed by atoms with van der Waals surface area (Å²) in [7, 11) is 0. The first-order valence-corrected chi connectivity index (χ1v) is 12.2. The number of halogens is 3. The highest BCUT2D eigenvalue weighted by Gasteiger charge is 2.32. The van der Waals surface area contributed by atoms with Gasteiger partial charge in [-0.2, -0.15) is 13.2 Å². The number of hydrogen-bond acceptors (Lipinski definition) is 4. The van der Waals surface area contributed by atoms with Crippen molar-refractivity contribution in [3.63, 3.8) is 0 Å². The number of amides is 2. The van der Waals surface area contributed by atoms with E-state index in [0.29, 0.717) is 43.3 Å². The van der Waals surface area contributed by atoms with Crippen molar-refractivity contribution in [3.8, 4) is 0 Å². The maximum atomic E-state index is 13.0. The molecule has 6 nitrogen and oxygen atoms in total.